The predicted molar refractivity (Wildman–Crippen MR) is 132 cm³/mol. The van der Waals surface area contributed by atoms with Gasteiger partial charge in [-0.25, -0.2) is 0 Å². The van der Waals surface area contributed by atoms with E-state index in [0.29, 0.717) is 23.2 Å². The van der Waals surface area contributed by atoms with Gasteiger partial charge in [0.2, 0.25) is 0 Å². The Labute approximate surface area is 190 Å². The molecule has 0 N–H and O–H groups in total. The summed E-state index contributed by atoms with van der Waals surface area (Å²) in [4.78, 5) is 12.6. The van der Waals surface area contributed by atoms with Crippen molar-refractivity contribution in [1.29, 1.82) is 0 Å². The van der Waals surface area contributed by atoms with Crippen LogP contribution in [-0.4, -0.2) is 28.3 Å². The Bertz CT molecular complexity index is 804. The molecule has 0 aliphatic heterocycles. The van der Waals surface area contributed by atoms with Gasteiger partial charge >= 0.3 is 0 Å². The third-order valence-corrected chi connectivity index (χ3v) is 14.5. The van der Waals surface area contributed by atoms with Crippen molar-refractivity contribution in [1.82, 2.24) is 0 Å². The molecule has 0 unspecified atom stereocenters. The maximum absolute atomic E-state index is 12.6. The number of methoxy groups -OCH3 is 1. The van der Waals surface area contributed by atoms with Crippen molar-refractivity contribution in [2.45, 2.75) is 84.4 Å². The summed E-state index contributed by atoms with van der Waals surface area (Å²) in [7, 11) is -0.231. The monoisotopic (exact) mass is 442 g/mol. The van der Waals surface area contributed by atoms with Gasteiger partial charge in [0.25, 0.3) is 0 Å². The van der Waals surface area contributed by atoms with E-state index in [1.165, 1.54) is 23.0 Å². The van der Waals surface area contributed by atoms with E-state index in [9.17, 15) is 4.79 Å². The zero-order valence-corrected chi connectivity index (χ0v) is 21.8. The van der Waals surface area contributed by atoms with Crippen molar-refractivity contribution in [3.63, 3.8) is 0 Å². The minimum absolute atomic E-state index is 0.238. The second kappa shape index (κ2) is 9.23. The molecule has 3 atom stereocenters. The van der Waals surface area contributed by atoms with Crippen LogP contribution in [0.2, 0.25) is 16.6 Å². The first-order valence-corrected chi connectivity index (χ1v) is 14.2. The standard InChI is InChI=1S/C27H42O3Si/c1-18(2)31(19(3)4,20(5)6)30-16-22-10-12-25-24-13-11-23(29-8)15-21(24)9-14-26(25)27(22,7)17-28/h11-13,15,17-20,22,26H,9-10,14,16H2,1-8H3/t22-,26-,27-/m0/s1. The van der Waals surface area contributed by atoms with Crippen molar-refractivity contribution in [3.05, 3.63) is 35.4 Å². The Hall–Kier alpha value is -1.39. The van der Waals surface area contributed by atoms with Crippen molar-refractivity contribution in [2.24, 2.45) is 17.3 Å². The van der Waals surface area contributed by atoms with Gasteiger partial charge in [0.05, 0.1) is 7.11 Å². The third-order valence-electron chi connectivity index (χ3n) is 8.45. The highest BCUT2D eigenvalue weighted by Crippen LogP contribution is 2.53. The van der Waals surface area contributed by atoms with Crippen LogP contribution in [0.3, 0.4) is 0 Å². The Morgan fingerprint density at radius 2 is 1.77 bits per heavy atom. The molecule has 31 heavy (non-hydrogen) atoms. The van der Waals surface area contributed by atoms with Gasteiger partial charge in [-0.2, -0.15) is 0 Å². The van der Waals surface area contributed by atoms with Crippen LogP contribution < -0.4 is 4.74 Å². The maximum atomic E-state index is 12.6. The number of benzene rings is 1. The van der Waals surface area contributed by atoms with Gasteiger partial charge < -0.3 is 14.0 Å². The summed E-state index contributed by atoms with van der Waals surface area (Å²) in [5, 5.41) is 0. The number of aryl methyl sites for hydroxylation is 1. The van der Waals surface area contributed by atoms with E-state index in [1.54, 1.807) is 7.11 Å². The fourth-order valence-electron chi connectivity index (χ4n) is 6.71. The van der Waals surface area contributed by atoms with Crippen molar-refractivity contribution >= 4 is 20.2 Å². The van der Waals surface area contributed by atoms with Crippen LogP contribution in [0.15, 0.2) is 24.3 Å². The molecule has 3 nitrogen and oxygen atoms in total. The largest absolute Gasteiger partial charge is 0.497 e. The van der Waals surface area contributed by atoms with E-state index in [-0.39, 0.29) is 17.3 Å². The van der Waals surface area contributed by atoms with Crippen molar-refractivity contribution < 1.29 is 14.0 Å². The number of ether oxygens (including phenoxy) is 1. The number of hydrogen-bond donors (Lipinski definition) is 0. The van der Waals surface area contributed by atoms with Gasteiger partial charge in [-0.15, -0.1) is 0 Å². The highest BCUT2D eigenvalue weighted by Gasteiger charge is 2.50. The van der Waals surface area contributed by atoms with E-state index in [0.717, 1.165) is 25.0 Å². The van der Waals surface area contributed by atoms with Crippen molar-refractivity contribution in [3.8, 4) is 5.75 Å². The summed E-state index contributed by atoms with van der Waals surface area (Å²) < 4.78 is 12.4. The van der Waals surface area contributed by atoms with E-state index in [4.69, 9.17) is 9.16 Å². The molecule has 0 saturated heterocycles. The molecule has 2 aliphatic carbocycles. The highest BCUT2D eigenvalue weighted by molar-refractivity contribution is 6.77. The molecule has 0 spiro atoms. The van der Waals surface area contributed by atoms with Crippen LogP contribution in [0, 0.1) is 17.3 Å². The summed E-state index contributed by atoms with van der Waals surface area (Å²) in [6.45, 7) is 16.9. The maximum Gasteiger partial charge on any atom is 0.200 e. The first kappa shape index (κ1) is 24.3. The Balaban J connectivity index is 1.91. The highest BCUT2D eigenvalue weighted by atomic mass is 28.4. The van der Waals surface area contributed by atoms with Gasteiger partial charge in [-0.1, -0.05) is 60.6 Å². The van der Waals surface area contributed by atoms with Crippen LogP contribution in [0.4, 0.5) is 0 Å². The Morgan fingerprint density at radius 3 is 2.32 bits per heavy atom. The second-order valence-electron chi connectivity index (χ2n) is 10.8. The number of hydrogen-bond acceptors (Lipinski definition) is 3. The molecule has 172 valence electrons. The van der Waals surface area contributed by atoms with Crippen molar-refractivity contribution in [2.75, 3.05) is 13.7 Å². The van der Waals surface area contributed by atoms with Crippen LogP contribution >= 0.6 is 0 Å². The lowest BCUT2D eigenvalue weighted by atomic mass is 9.57. The van der Waals surface area contributed by atoms with E-state index in [2.05, 4.69) is 66.7 Å². The molecule has 1 aromatic rings. The molecule has 3 rings (SSSR count). The minimum atomic E-state index is -1.95. The number of carbonyl (C=O) groups excluding carboxylic acids is 1. The van der Waals surface area contributed by atoms with Crippen LogP contribution in [0.1, 0.15) is 72.4 Å². The van der Waals surface area contributed by atoms with Gasteiger partial charge in [0.1, 0.15) is 12.0 Å². The molecular weight excluding hydrogens is 400 g/mol. The van der Waals surface area contributed by atoms with E-state index >= 15 is 0 Å². The molecule has 0 fully saturated rings. The third kappa shape index (κ3) is 4.06. The minimum Gasteiger partial charge on any atom is -0.497 e. The van der Waals surface area contributed by atoms with Gasteiger partial charge in [0.15, 0.2) is 8.32 Å². The van der Waals surface area contributed by atoms with Gasteiger partial charge in [-0.05, 0) is 76.6 Å². The average molecular weight is 443 g/mol. The zero-order chi connectivity index (χ0) is 23.0. The summed E-state index contributed by atoms with van der Waals surface area (Å²) in [6, 6.07) is 6.39. The molecule has 0 aromatic heterocycles. The average Bonchev–Trinajstić information content (AvgIpc) is 2.73. The Kier molecular flexibility index (Phi) is 7.22. The van der Waals surface area contributed by atoms with Crippen LogP contribution in [-0.2, 0) is 15.6 Å². The molecule has 0 amide bonds. The van der Waals surface area contributed by atoms with Gasteiger partial charge in [-0.3, -0.25) is 0 Å². The normalized spacial score (nSPS) is 26.0. The fraction of sp³-hybridized carbons (Fsp3) is 0.667. The summed E-state index contributed by atoms with van der Waals surface area (Å²) in [6.07, 6.45) is 6.56. The molecule has 1 aromatic carbocycles. The number of rotatable bonds is 8. The molecular formula is C27H42O3Si. The number of carbonyl (C=O) groups is 1. The number of aldehydes is 1. The van der Waals surface area contributed by atoms with Crippen LogP contribution in [0.25, 0.3) is 5.57 Å². The Morgan fingerprint density at radius 1 is 1.13 bits per heavy atom. The molecule has 4 heteroatoms. The molecule has 0 saturated carbocycles. The summed E-state index contributed by atoms with van der Waals surface area (Å²) in [5.74, 6) is 1.42. The van der Waals surface area contributed by atoms with E-state index in [1.807, 2.05) is 6.07 Å². The molecule has 2 aliphatic rings. The van der Waals surface area contributed by atoms with Crippen LogP contribution in [0.5, 0.6) is 5.75 Å². The quantitative estimate of drug-likeness (QED) is 0.319. The first-order chi connectivity index (χ1) is 14.6. The lowest BCUT2D eigenvalue weighted by molar-refractivity contribution is -0.121. The topological polar surface area (TPSA) is 35.5 Å². The first-order valence-electron chi connectivity index (χ1n) is 12.1. The van der Waals surface area contributed by atoms with E-state index < -0.39 is 8.32 Å². The SMILES string of the molecule is COc1ccc2c(c1)CC[C@H]1C2=CC[C@@H](CO[Si](C(C)C)(C(C)C)C(C)C)[C@]1(C)C=O. The van der Waals surface area contributed by atoms with Gasteiger partial charge in [0, 0.05) is 12.0 Å². The lowest BCUT2D eigenvalue weighted by Crippen LogP contribution is -2.51. The summed E-state index contributed by atoms with van der Waals surface area (Å²) >= 11 is 0. The smallest absolute Gasteiger partial charge is 0.200 e. The number of fused-ring (bicyclic) bond motifs is 3. The molecule has 0 bridgehead atoms. The fourth-order valence-corrected chi connectivity index (χ4v) is 12.2. The zero-order valence-electron chi connectivity index (χ0n) is 20.8. The number of allylic oxidation sites excluding steroid dienone is 2. The summed E-state index contributed by atoms with van der Waals surface area (Å²) in [5.41, 5.74) is 5.29. The predicted octanol–water partition coefficient (Wildman–Crippen LogP) is 7.06. The molecule has 0 heterocycles. The lowest BCUT2D eigenvalue weighted by Gasteiger charge is -2.49. The molecule has 0 radical (unpaired) electrons. The second-order valence-corrected chi connectivity index (χ2v) is 16.3.